The maximum Gasteiger partial charge on any atom is 0.230 e. The third-order valence-corrected chi connectivity index (χ3v) is 3.54. The number of hydrogen-bond donors (Lipinski definition) is 0. The summed E-state index contributed by atoms with van der Waals surface area (Å²) in [6.07, 6.45) is 0. The Hall–Kier alpha value is -3.01. The fourth-order valence-electron chi connectivity index (χ4n) is 2.35. The number of methoxy groups -OCH3 is 1. The van der Waals surface area contributed by atoms with Crippen LogP contribution in [0.4, 0.5) is 0 Å². The minimum absolute atomic E-state index is 0.0873. The molecule has 0 aromatic heterocycles. The summed E-state index contributed by atoms with van der Waals surface area (Å²) in [4.78, 5) is 12.8. The van der Waals surface area contributed by atoms with E-state index < -0.39 is 0 Å². The average molecular weight is 338 g/mol. The fourth-order valence-corrected chi connectivity index (χ4v) is 2.35. The van der Waals surface area contributed by atoms with Crippen molar-refractivity contribution in [2.24, 2.45) is 0 Å². The van der Waals surface area contributed by atoms with E-state index in [1.165, 1.54) is 0 Å². The first-order valence-electron chi connectivity index (χ1n) is 8.01. The van der Waals surface area contributed by atoms with Crippen LogP contribution >= 0.6 is 0 Å². The van der Waals surface area contributed by atoms with Crippen molar-refractivity contribution in [2.45, 2.75) is 13.8 Å². The lowest BCUT2D eigenvalue weighted by Gasteiger charge is -2.15. The summed E-state index contributed by atoms with van der Waals surface area (Å²) < 4.78 is 16.3. The van der Waals surface area contributed by atoms with Crippen LogP contribution in [0.2, 0.25) is 0 Å². The van der Waals surface area contributed by atoms with Gasteiger partial charge in [-0.25, -0.2) is 0 Å². The van der Waals surface area contributed by atoms with Gasteiger partial charge in [0.25, 0.3) is 0 Å². The van der Waals surface area contributed by atoms with Crippen molar-refractivity contribution in [1.82, 2.24) is 0 Å². The lowest BCUT2D eigenvalue weighted by molar-refractivity contribution is -0.113. The van der Waals surface area contributed by atoms with Crippen molar-refractivity contribution >= 4 is 11.4 Å². The number of hydrogen-bond acceptors (Lipinski definition) is 4. The second-order valence-corrected chi connectivity index (χ2v) is 5.26. The van der Waals surface area contributed by atoms with E-state index in [1.807, 2.05) is 49.4 Å². The van der Waals surface area contributed by atoms with Gasteiger partial charge in [-0.2, -0.15) is 0 Å². The van der Waals surface area contributed by atoms with E-state index in [1.54, 1.807) is 26.2 Å². The number of para-hydroxylation sites is 1. The van der Waals surface area contributed by atoms with Gasteiger partial charge in [0, 0.05) is 0 Å². The molecule has 0 radical (unpaired) electrons. The molecular formula is C21H22O4. The second-order valence-electron chi connectivity index (χ2n) is 5.26. The number of allylic oxidation sites excluding steroid dienone is 2. The van der Waals surface area contributed by atoms with Crippen LogP contribution in [0.5, 0.6) is 11.5 Å². The summed E-state index contributed by atoms with van der Waals surface area (Å²) in [5, 5.41) is 0. The lowest BCUT2D eigenvalue weighted by atomic mass is 9.99. The molecule has 0 unspecified atom stereocenters. The van der Waals surface area contributed by atoms with Gasteiger partial charge in [-0.15, -0.1) is 0 Å². The van der Waals surface area contributed by atoms with Gasteiger partial charge >= 0.3 is 0 Å². The third-order valence-electron chi connectivity index (χ3n) is 3.54. The summed E-state index contributed by atoms with van der Waals surface area (Å²) >= 11 is 0. The molecule has 4 heteroatoms. The van der Waals surface area contributed by atoms with E-state index in [0.29, 0.717) is 35.0 Å². The summed E-state index contributed by atoms with van der Waals surface area (Å²) in [5.41, 5.74) is 1.12. The zero-order valence-electron chi connectivity index (χ0n) is 14.7. The summed E-state index contributed by atoms with van der Waals surface area (Å²) in [7, 11) is 1.59. The Morgan fingerprint density at radius 3 is 2.20 bits per heavy atom. The van der Waals surface area contributed by atoms with Crippen LogP contribution in [0.15, 0.2) is 72.7 Å². The molecule has 0 heterocycles. The van der Waals surface area contributed by atoms with Crippen LogP contribution in [-0.2, 0) is 9.53 Å². The monoisotopic (exact) mass is 338 g/mol. The largest absolute Gasteiger partial charge is 0.497 e. The molecule has 0 fully saturated rings. The zero-order valence-corrected chi connectivity index (χ0v) is 14.7. The van der Waals surface area contributed by atoms with E-state index in [2.05, 4.69) is 6.58 Å². The van der Waals surface area contributed by atoms with Gasteiger partial charge in [-0.1, -0.05) is 36.9 Å². The predicted octanol–water partition coefficient (Wildman–Crippen LogP) is 4.62. The van der Waals surface area contributed by atoms with Crippen LogP contribution in [-0.4, -0.2) is 19.5 Å². The van der Waals surface area contributed by atoms with Gasteiger partial charge in [0.1, 0.15) is 17.3 Å². The third kappa shape index (κ3) is 4.73. The highest BCUT2D eigenvalue weighted by atomic mass is 16.5. The SMILES string of the molecule is C=C(OCC)C(=O)/C(=C(\C)Oc1ccccc1)c1ccc(OC)cc1. The second kappa shape index (κ2) is 8.73. The smallest absolute Gasteiger partial charge is 0.230 e. The first-order valence-corrected chi connectivity index (χ1v) is 8.01. The van der Waals surface area contributed by atoms with E-state index >= 15 is 0 Å². The highest BCUT2D eigenvalue weighted by Crippen LogP contribution is 2.27. The summed E-state index contributed by atoms with van der Waals surface area (Å²) in [6, 6.07) is 16.5. The molecule has 25 heavy (non-hydrogen) atoms. The Kier molecular flexibility index (Phi) is 6.40. The molecule has 0 bridgehead atoms. The van der Waals surface area contributed by atoms with Crippen LogP contribution in [0.25, 0.3) is 5.57 Å². The van der Waals surface area contributed by atoms with Gasteiger partial charge in [-0.05, 0) is 43.7 Å². The normalized spacial score (nSPS) is 11.3. The standard InChI is InChI=1S/C21H22O4/c1-5-24-16(3)21(22)20(17-11-13-18(23-4)14-12-17)15(2)25-19-9-7-6-8-10-19/h6-14H,3,5H2,1-2,4H3/b20-15+. The quantitative estimate of drug-likeness (QED) is 0.520. The van der Waals surface area contributed by atoms with Gasteiger partial charge in [0.15, 0.2) is 5.76 Å². The van der Waals surface area contributed by atoms with Crippen LogP contribution in [0.1, 0.15) is 19.4 Å². The maximum atomic E-state index is 12.8. The number of carbonyl (C=O) groups is 1. The van der Waals surface area contributed by atoms with E-state index in [4.69, 9.17) is 14.2 Å². The molecule has 0 N–H and O–H groups in total. The molecular weight excluding hydrogens is 316 g/mol. The topological polar surface area (TPSA) is 44.8 Å². The first kappa shape index (κ1) is 18.3. The molecule has 0 amide bonds. The number of benzene rings is 2. The number of carbonyl (C=O) groups excluding carboxylic acids is 1. The molecule has 2 rings (SSSR count). The molecule has 2 aromatic rings. The Morgan fingerprint density at radius 2 is 1.64 bits per heavy atom. The first-order chi connectivity index (χ1) is 12.1. The molecule has 0 aliphatic carbocycles. The van der Waals surface area contributed by atoms with Crippen molar-refractivity contribution in [3.63, 3.8) is 0 Å². The van der Waals surface area contributed by atoms with Crippen LogP contribution in [0, 0.1) is 0 Å². The Morgan fingerprint density at radius 1 is 1.00 bits per heavy atom. The Bertz CT molecular complexity index is 758. The van der Waals surface area contributed by atoms with Crippen molar-refractivity contribution in [2.75, 3.05) is 13.7 Å². The van der Waals surface area contributed by atoms with E-state index in [-0.39, 0.29) is 11.5 Å². The summed E-state index contributed by atoms with van der Waals surface area (Å²) in [6.45, 7) is 7.66. The lowest BCUT2D eigenvalue weighted by Crippen LogP contribution is -2.11. The van der Waals surface area contributed by atoms with Crippen molar-refractivity contribution in [3.05, 3.63) is 78.3 Å². The molecule has 0 spiro atoms. The molecule has 0 saturated heterocycles. The summed E-state index contributed by atoms with van der Waals surface area (Å²) in [5.74, 6) is 1.62. The average Bonchev–Trinajstić information content (AvgIpc) is 2.63. The fraction of sp³-hybridized carbons (Fsp3) is 0.190. The molecule has 0 saturated carbocycles. The highest BCUT2D eigenvalue weighted by Gasteiger charge is 2.21. The highest BCUT2D eigenvalue weighted by molar-refractivity contribution is 6.28. The van der Waals surface area contributed by atoms with Gasteiger partial charge < -0.3 is 14.2 Å². The van der Waals surface area contributed by atoms with Crippen molar-refractivity contribution < 1.29 is 19.0 Å². The number of ketones is 1. The maximum absolute atomic E-state index is 12.8. The van der Waals surface area contributed by atoms with Gasteiger partial charge in [0.05, 0.1) is 19.3 Å². The minimum Gasteiger partial charge on any atom is -0.497 e. The predicted molar refractivity (Wildman–Crippen MR) is 98.4 cm³/mol. The van der Waals surface area contributed by atoms with E-state index in [0.717, 1.165) is 0 Å². The molecule has 0 aliphatic rings. The minimum atomic E-state index is -0.305. The Labute approximate surface area is 148 Å². The molecule has 0 aliphatic heterocycles. The number of rotatable bonds is 8. The van der Waals surface area contributed by atoms with Crippen LogP contribution in [0.3, 0.4) is 0 Å². The van der Waals surface area contributed by atoms with Gasteiger partial charge in [0.2, 0.25) is 5.78 Å². The van der Waals surface area contributed by atoms with Gasteiger partial charge in [-0.3, -0.25) is 4.79 Å². The zero-order chi connectivity index (χ0) is 18.2. The number of Topliss-reactive ketones (excluding diaryl/α,β-unsaturated/α-hetero) is 1. The number of ether oxygens (including phenoxy) is 3. The molecule has 0 atom stereocenters. The molecule has 130 valence electrons. The van der Waals surface area contributed by atoms with Crippen LogP contribution < -0.4 is 9.47 Å². The molecule has 2 aromatic carbocycles. The Balaban J connectivity index is 2.44. The van der Waals surface area contributed by atoms with E-state index in [9.17, 15) is 4.79 Å². The van der Waals surface area contributed by atoms with Crippen molar-refractivity contribution in [3.8, 4) is 11.5 Å². The van der Waals surface area contributed by atoms with Crippen molar-refractivity contribution in [1.29, 1.82) is 0 Å². The molecule has 4 nitrogen and oxygen atoms in total.